The van der Waals surface area contributed by atoms with E-state index in [1.807, 2.05) is 20.8 Å². The molecule has 6 bridgehead atoms. The van der Waals surface area contributed by atoms with Crippen LogP contribution in [-0.4, -0.2) is 37.4 Å². The molecule has 3 amide bonds. The fraction of sp³-hybridized carbons (Fsp3) is 0.625. The summed E-state index contributed by atoms with van der Waals surface area (Å²) >= 11 is 0. The Labute approximate surface area is 178 Å². The molecule has 1 aliphatic carbocycles. The Kier molecular flexibility index (Phi) is 5.15. The van der Waals surface area contributed by atoms with E-state index in [0.717, 1.165) is 19.3 Å². The van der Waals surface area contributed by atoms with Crippen molar-refractivity contribution < 1.29 is 14.4 Å². The second kappa shape index (κ2) is 7.40. The molecule has 3 N–H and O–H groups in total. The fourth-order valence-corrected chi connectivity index (χ4v) is 6.13. The van der Waals surface area contributed by atoms with Crippen molar-refractivity contribution in [2.75, 3.05) is 19.6 Å². The highest BCUT2D eigenvalue weighted by atomic mass is 16.2. The summed E-state index contributed by atoms with van der Waals surface area (Å²) in [4.78, 5) is 39.9. The molecular weight excluding hydrogens is 378 g/mol. The number of fused-ring (bicyclic) bond motifs is 9. The minimum Gasteiger partial charge on any atom is -0.355 e. The minimum absolute atomic E-state index is 0.0641. The average Bonchev–Trinajstić information content (AvgIpc) is 2.65. The molecule has 1 saturated carbocycles. The summed E-state index contributed by atoms with van der Waals surface area (Å²) in [6.45, 7) is 7.41. The third-order valence-corrected chi connectivity index (χ3v) is 7.20. The number of hydrogen-bond donors (Lipinski definition) is 3. The van der Waals surface area contributed by atoms with E-state index < -0.39 is 16.2 Å². The number of nitrogens with one attached hydrogen (secondary N) is 3. The van der Waals surface area contributed by atoms with Gasteiger partial charge < -0.3 is 16.0 Å². The first-order chi connectivity index (χ1) is 14.1. The SMILES string of the molecule is CC12CC3(C)CC(C)(C1)C(=O)NCCc1cc(cc(c1)CCNC3=O)CCNC2=O. The van der Waals surface area contributed by atoms with Crippen molar-refractivity contribution in [1.29, 1.82) is 0 Å². The van der Waals surface area contributed by atoms with Crippen LogP contribution in [0.1, 0.15) is 56.7 Å². The van der Waals surface area contributed by atoms with Gasteiger partial charge in [0.25, 0.3) is 0 Å². The molecule has 1 aromatic carbocycles. The van der Waals surface area contributed by atoms with Crippen LogP contribution in [0.15, 0.2) is 18.2 Å². The number of amides is 3. The maximum absolute atomic E-state index is 13.3. The lowest BCUT2D eigenvalue weighted by molar-refractivity contribution is -0.153. The van der Waals surface area contributed by atoms with Crippen molar-refractivity contribution in [3.63, 3.8) is 0 Å². The molecule has 0 aromatic heterocycles. The molecule has 4 aliphatic rings. The minimum atomic E-state index is -0.780. The van der Waals surface area contributed by atoms with Crippen molar-refractivity contribution in [2.24, 2.45) is 16.2 Å². The highest BCUT2D eigenvalue weighted by Gasteiger charge is 2.57. The molecule has 6 nitrogen and oxygen atoms in total. The van der Waals surface area contributed by atoms with Gasteiger partial charge >= 0.3 is 0 Å². The predicted molar refractivity (Wildman–Crippen MR) is 115 cm³/mol. The standard InChI is InChI=1S/C24H33N3O3/c1-22-13-23(2)15-24(3,14-22)21(30)27-9-6-18-11-16(4-7-25-19(22)28)10-17(12-18)5-8-26-20(23)29/h10-12H,4-9,13-15H2,1-3H3,(H,25,28)(H,26,29)(H,27,30). The molecule has 5 rings (SSSR count). The fourth-order valence-electron chi connectivity index (χ4n) is 6.13. The smallest absolute Gasteiger partial charge is 0.226 e. The van der Waals surface area contributed by atoms with Crippen LogP contribution in [0.5, 0.6) is 0 Å². The van der Waals surface area contributed by atoms with Gasteiger partial charge in [-0.1, -0.05) is 39.0 Å². The topological polar surface area (TPSA) is 87.3 Å². The van der Waals surface area contributed by atoms with E-state index >= 15 is 0 Å². The second-order valence-corrected chi connectivity index (χ2v) is 10.4. The Morgan fingerprint density at radius 1 is 0.567 bits per heavy atom. The monoisotopic (exact) mass is 411 g/mol. The normalized spacial score (nSPS) is 34.7. The van der Waals surface area contributed by atoms with Crippen molar-refractivity contribution in [1.82, 2.24) is 16.0 Å². The zero-order chi connectivity index (χ0) is 21.6. The molecule has 3 heterocycles. The summed E-state index contributed by atoms with van der Waals surface area (Å²) in [5.74, 6) is -0.192. The third-order valence-electron chi connectivity index (χ3n) is 7.20. The van der Waals surface area contributed by atoms with E-state index in [2.05, 4.69) is 34.1 Å². The largest absolute Gasteiger partial charge is 0.355 e. The number of carbonyl (C=O) groups is 3. The Morgan fingerprint density at radius 3 is 1.10 bits per heavy atom. The Bertz CT molecular complexity index is 759. The summed E-state index contributed by atoms with van der Waals surface area (Å²) in [7, 11) is 0. The predicted octanol–water partition coefficient (Wildman–Crippen LogP) is 1.89. The lowest BCUT2D eigenvalue weighted by Gasteiger charge is -2.50. The van der Waals surface area contributed by atoms with Crippen LogP contribution in [0.25, 0.3) is 0 Å². The lowest BCUT2D eigenvalue weighted by Crippen LogP contribution is -2.58. The van der Waals surface area contributed by atoms with Crippen LogP contribution < -0.4 is 16.0 Å². The van der Waals surface area contributed by atoms with Crippen molar-refractivity contribution in [3.8, 4) is 0 Å². The van der Waals surface area contributed by atoms with Gasteiger partial charge in [0.05, 0.1) is 0 Å². The van der Waals surface area contributed by atoms with Gasteiger partial charge in [-0.2, -0.15) is 0 Å². The molecule has 3 aliphatic heterocycles. The van der Waals surface area contributed by atoms with Gasteiger partial charge in [-0.15, -0.1) is 0 Å². The average molecular weight is 412 g/mol. The summed E-state index contributed by atoms with van der Waals surface area (Å²) in [5.41, 5.74) is 1.20. The number of benzene rings is 1. The third kappa shape index (κ3) is 3.84. The van der Waals surface area contributed by atoms with E-state index in [1.165, 1.54) is 16.7 Å². The van der Waals surface area contributed by atoms with Crippen LogP contribution in [0.4, 0.5) is 0 Å². The Morgan fingerprint density at radius 2 is 0.833 bits per heavy atom. The van der Waals surface area contributed by atoms with Gasteiger partial charge in [0, 0.05) is 35.9 Å². The van der Waals surface area contributed by atoms with E-state index in [4.69, 9.17) is 0 Å². The second-order valence-electron chi connectivity index (χ2n) is 10.4. The van der Waals surface area contributed by atoms with Crippen LogP contribution in [0.2, 0.25) is 0 Å². The van der Waals surface area contributed by atoms with Crippen LogP contribution >= 0.6 is 0 Å². The molecule has 0 radical (unpaired) electrons. The van der Waals surface area contributed by atoms with Gasteiger partial charge in [0.15, 0.2) is 0 Å². The Hall–Kier alpha value is -2.37. The lowest BCUT2D eigenvalue weighted by atomic mass is 9.53. The molecule has 1 aromatic rings. The van der Waals surface area contributed by atoms with Gasteiger partial charge in [-0.25, -0.2) is 0 Å². The maximum Gasteiger partial charge on any atom is 0.226 e. The molecular formula is C24H33N3O3. The number of carbonyl (C=O) groups excluding carboxylic acids is 3. The molecule has 162 valence electrons. The van der Waals surface area contributed by atoms with E-state index in [0.29, 0.717) is 38.9 Å². The highest BCUT2D eigenvalue weighted by molar-refractivity contribution is 5.90. The molecule has 0 spiro atoms. The van der Waals surface area contributed by atoms with Crippen molar-refractivity contribution in [2.45, 2.75) is 59.3 Å². The van der Waals surface area contributed by atoms with Crippen LogP contribution in [0, 0.1) is 16.2 Å². The van der Waals surface area contributed by atoms with E-state index in [-0.39, 0.29) is 17.7 Å². The maximum atomic E-state index is 13.3. The highest BCUT2D eigenvalue weighted by Crippen LogP contribution is 2.54. The Balaban J connectivity index is 1.84. The van der Waals surface area contributed by atoms with Crippen LogP contribution in [-0.2, 0) is 33.6 Å². The molecule has 6 heteroatoms. The molecule has 30 heavy (non-hydrogen) atoms. The molecule has 0 saturated heterocycles. The van der Waals surface area contributed by atoms with E-state index in [9.17, 15) is 14.4 Å². The first kappa shape index (κ1) is 20.9. The summed E-state index contributed by atoms with van der Waals surface area (Å²) in [5, 5.41) is 9.31. The first-order valence-electron chi connectivity index (χ1n) is 11.1. The van der Waals surface area contributed by atoms with Gasteiger partial charge in [-0.3, -0.25) is 14.4 Å². The molecule has 0 atom stereocenters. The zero-order valence-electron chi connectivity index (χ0n) is 18.3. The van der Waals surface area contributed by atoms with Gasteiger partial charge in [-0.05, 0) is 55.2 Å². The first-order valence-corrected chi connectivity index (χ1v) is 11.1. The quantitative estimate of drug-likeness (QED) is 0.609. The van der Waals surface area contributed by atoms with Crippen molar-refractivity contribution in [3.05, 3.63) is 34.9 Å². The molecule has 1 fully saturated rings. The summed E-state index contributed by atoms with van der Waals surface area (Å²) in [6.07, 6.45) is 3.64. The summed E-state index contributed by atoms with van der Waals surface area (Å²) in [6, 6.07) is 6.50. The number of hydrogen-bond acceptors (Lipinski definition) is 3. The molecule has 0 unspecified atom stereocenters. The summed E-state index contributed by atoms with van der Waals surface area (Å²) < 4.78 is 0. The van der Waals surface area contributed by atoms with Crippen molar-refractivity contribution >= 4 is 17.7 Å². The van der Waals surface area contributed by atoms with E-state index in [1.54, 1.807) is 0 Å². The van der Waals surface area contributed by atoms with Gasteiger partial charge in [0.2, 0.25) is 17.7 Å². The van der Waals surface area contributed by atoms with Crippen LogP contribution in [0.3, 0.4) is 0 Å². The zero-order valence-corrected chi connectivity index (χ0v) is 18.3. The van der Waals surface area contributed by atoms with Gasteiger partial charge in [0.1, 0.15) is 0 Å². The number of rotatable bonds is 0.